The number of carbonyl (C=O) groups is 1. The Morgan fingerprint density at radius 3 is 2.89 bits per heavy atom. The van der Waals surface area contributed by atoms with Crippen LogP contribution in [0.25, 0.3) is 0 Å². The first-order valence-corrected chi connectivity index (χ1v) is 6.02. The van der Waals surface area contributed by atoms with Gasteiger partial charge >= 0.3 is 5.97 Å². The number of pyridine rings is 1. The molecule has 0 saturated heterocycles. The van der Waals surface area contributed by atoms with E-state index in [4.69, 9.17) is 9.84 Å². The molecule has 1 N–H and O–H groups in total. The van der Waals surface area contributed by atoms with Gasteiger partial charge in [-0.05, 0) is 33.4 Å². The van der Waals surface area contributed by atoms with Crippen LogP contribution in [0.4, 0.5) is 0 Å². The van der Waals surface area contributed by atoms with Gasteiger partial charge in [0.1, 0.15) is 11.3 Å². The minimum Gasteiger partial charge on any atom is -0.493 e. The average molecular weight is 252 g/mol. The van der Waals surface area contributed by atoms with Crippen LogP contribution in [0.2, 0.25) is 0 Å². The van der Waals surface area contributed by atoms with Gasteiger partial charge in [0, 0.05) is 25.0 Å². The summed E-state index contributed by atoms with van der Waals surface area (Å²) in [6.45, 7) is 5.69. The highest BCUT2D eigenvalue weighted by atomic mass is 16.5. The van der Waals surface area contributed by atoms with Gasteiger partial charge in [-0.2, -0.15) is 0 Å². The molecule has 0 fully saturated rings. The van der Waals surface area contributed by atoms with E-state index in [1.165, 1.54) is 12.4 Å². The molecule has 100 valence electrons. The second-order valence-electron chi connectivity index (χ2n) is 4.45. The third-order valence-electron chi connectivity index (χ3n) is 2.81. The maximum absolute atomic E-state index is 10.9. The average Bonchev–Trinajstić information content (AvgIpc) is 2.34. The van der Waals surface area contributed by atoms with Crippen LogP contribution in [-0.4, -0.2) is 47.2 Å². The Balaban J connectivity index is 2.42. The summed E-state index contributed by atoms with van der Waals surface area (Å²) in [5.41, 5.74) is 0.106. The molecule has 0 saturated carbocycles. The molecule has 0 unspecified atom stereocenters. The van der Waals surface area contributed by atoms with E-state index >= 15 is 0 Å². The van der Waals surface area contributed by atoms with Crippen LogP contribution < -0.4 is 4.74 Å². The van der Waals surface area contributed by atoms with Gasteiger partial charge in [0.15, 0.2) is 0 Å². The van der Waals surface area contributed by atoms with Crippen molar-refractivity contribution in [3.05, 3.63) is 24.0 Å². The SMILES string of the molecule is CC(C)N(C)CCCOc1ccncc1C(=O)O. The lowest BCUT2D eigenvalue weighted by atomic mass is 10.2. The second-order valence-corrected chi connectivity index (χ2v) is 4.45. The zero-order valence-corrected chi connectivity index (χ0v) is 11.1. The van der Waals surface area contributed by atoms with Crippen molar-refractivity contribution in [2.24, 2.45) is 0 Å². The van der Waals surface area contributed by atoms with E-state index in [9.17, 15) is 4.79 Å². The standard InChI is InChI=1S/C13H20N2O3/c1-10(2)15(3)7-4-8-18-12-5-6-14-9-11(12)13(16)17/h5-6,9-10H,4,7-8H2,1-3H3,(H,16,17). The Bertz CT molecular complexity index is 394. The zero-order valence-electron chi connectivity index (χ0n) is 11.1. The molecule has 0 bridgehead atoms. The van der Waals surface area contributed by atoms with Crippen molar-refractivity contribution in [2.45, 2.75) is 26.3 Å². The largest absolute Gasteiger partial charge is 0.493 e. The molecule has 0 aliphatic rings. The normalized spacial score (nSPS) is 10.9. The molecule has 0 aliphatic carbocycles. The summed E-state index contributed by atoms with van der Waals surface area (Å²) < 4.78 is 5.48. The number of rotatable bonds is 7. The molecular weight excluding hydrogens is 232 g/mol. The topological polar surface area (TPSA) is 62.7 Å². The van der Waals surface area contributed by atoms with E-state index < -0.39 is 5.97 Å². The summed E-state index contributed by atoms with van der Waals surface area (Å²) in [5, 5.41) is 8.95. The smallest absolute Gasteiger partial charge is 0.341 e. The molecule has 1 aromatic heterocycles. The summed E-state index contributed by atoms with van der Waals surface area (Å²) in [4.78, 5) is 16.9. The summed E-state index contributed by atoms with van der Waals surface area (Å²) in [6, 6.07) is 2.08. The predicted molar refractivity (Wildman–Crippen MR) is 69.1 cm³/mol. The third-order valence-corrected chi connectivity index (χ3v) is 2.81. The molecule has 1 aromatic rings. The number of hydrogen-bond acceptors (Lipinski definition) is 4. The fraction of sp³-hybridized carbons (Fsp3) is 0.538. The van der Waals surface area contributed by atoms with Crippen LogP contribution in [0.3, 0.4) is 0 Å². The Labute approximate surface area is 107 Å². The Morgan fingerprint density at radius 2 is 2.28 bits per heavy atom. The van der Waals surface area contributed by atoms with E-state index in [2.05, 4.69) is 30.8 Å². The van der Waals surface area contributed by atoms with Crippen LogP contribution in [-0.2, 0) is 0 Å². The van der Waals surface area contributed by atoms with Crippen molar-refractivity contribution in [1.82, 2.24) is 9.88 Å². The Morgan fingerprint density at radius 1 is 1.56 bits per heavy atom. The molecule has 0 aliphatic heterocycles. The van der Waals surface area contributed by atoms with Crippen LogP contribution in [0.1, 0.15) is 30.6 Å². The molecule has 0 spiro atoms. The van der Waals surface area contributed by atoms with Gasteiger partial charge in [0.05, 0.1) is 6.61 Å². The highest BCUT2D eigenvalue weighted by molar-refractivity contribution is 5.90. The van der Waals surface area contributed by atoms with E-state index in [0.717, 1.165) is 13.0 Å². The minimum absolute atomic E-state index is 0.106. The number of nitrogens with zero attached hydrogens (tertiary/aromatic N) is 2. The molecular formula is C13H20N2O3. The van der Waals surface area contributed by atoms with Crippen molar-refractivity contribution >= 4 is 5.97 Å². The molecule has 0 aromatic carbocycles. The van der Waals surface area contributed by atoms with Crippen LogP contribution >= 0.6 is 0 Å². The zero-order chi connectivity index (χ0) is 13.5. The number of carboxylic acids is 1. The van der Waals surface area contributed by atoms with E-state index in [0.29, 0.717) is 18.4 Å². The maximum atomic E-state index is 10.9. The van der Waals surface area contributed by atoms with Gasteiger partial charge in [0.2, 0.25) is 0 Å². The highest BCUT2D eigenvalue weighted by Crippen LogP contribution is 2.16. The lowest BCUT2D eigenvalue weighted by Crippen LogP contribution is -2.28. The molecule has 18 heavy (non-hydrogen) atoms. The van der Waals surface area contributed by atoms with Crippen molar-refractivity contribution < 1.29 is 14.6 Å². The van der Waals surface area contributed by atoms with Crippen LogP contribution in [0.15, 0.2) is 18.5 Å². The first kappa shape index (κ1) is 14.4. The molecule has 1 heterocycles. The molecule has 0 radical (unpaired) electrons. The quantitative estimate of drug-likeness (QED) is 0.751. The summed E-state index contributed by atoms with van der Waals surface area (Å²) in [6.07, 6.45) is 3.69. The van der Waals surface area contributed by atoms with Gasteiger partial charge in [-0.3, -0.25) is 4.98 Å². The van der Waals surface area contributed by atoms with Crippen LogP contribution in [0, 0.1) is 0 Å². The number of hydrogen-bond donors (Lipinski definition) is 1. The Kier molecular flexibility index (Phi) is 5.58. The van der Waals surface area contributed by atoms with Gasteiger partial charge in [-0.25, -0.2) is 4.79 Å². The third kappa shape index (κ3) is 4.33. The van der Waals surface area contributed by atoms with E-state index in [-0.39, 0.29) is 5.56 Å². The number of aromatic nitrogens is 1. The molecule has 0 atom stereocenters. The van der Waals surface area contributed by atoms with Gasteiger partial charge in [0.25, 0.3) is 0 Å². The number of carboxylic acid groups (broad SMARTS) is 1. The first-order chi connectivity index (χ1) is 8.52. The molecule has 5 heteroatoms. The molecule has 1 rings (SSSR count). The van der Waals surface area contributed by atoms with E-state index in [1.807, 2.05) is 0 Å². The Hall–Kier alpha value is -1.62. The van der Waals surface area contributed by atoms with Crippen molar-refractivity contribution in [2.75, 3.05) is 20.2 Å². The lowest BCUT2D eigenvalue weighted by Gasteiger charge is -2.20. The fourth-order valence-corrected chi connectivity index (χ4v) is 1.42. The molecule has 5 nitrogen and oxygen atoms in total. The van der Waals surface area contributed by atoms with Crippen LogP contribution in [0.5, 0.6) is 5.75 Å². The van der Waals surface area contributed by atoms with Gasteiger partial charge in [-0.1, -0.05) is 0 Å². The monoisotopic (exact) mass is 252 g/mol. The van der Waals surface area contributed by atoms with Gasteiger partial charge in [-0.15, -0.1) is 0 Å². The predicted octanol–water partition coefficient (Wildman–Crippen LogP) is 1.89. The summed E-state index contributed by atoms with van der Waals surface area (Å²) >= 11 is 0. The van der Waals surface area contributed by atoms with Crippen molar-refractivity contribution in [1.29, 1.82) is 0 Å². The summed E-state index contributed by atoms with van der Waals surface area (Å²) in [5.74, 6) is -0.637. The lowest BCUT2D eigenvalue weighted by molar-refractivity contribution is 0.0691. The number of aromatic carboxylic acids is 1. The summed E-state index contributed by atoms with van der Waals surface area (Å²) in [7, 11) is 2.06. The minimum atomic E-state index is -1.02. The van der Waals surface area contributed by atoms with Crippen molar-refractivity contribution in [3.63, 3.8) is 0 Å². The second kappa shape index (κ2) is 6.96. The first-order valence-electron chi connectivity index (χ1n) is 6.02. The fourth-order valence-electron chi connectivity index (χ4n) is 1.42. The van der Waals surface area contributed by atoms with Crippen molar-refractivity contribution in [3.8, 4) is 5.75 Å². The van der Waals surface area contributed by atoms with Gasteiger partial charge < -0.3 is 14.7 Å². The maximum Gasteiger partial charge on any atom is 0.341 e. The number of ether oxygens (including phenoxy) is 1. The highest BCUT2D eigenvalue weighted by Gasteiger charge is 2.10. The molecule has 0 amide bonds. The van der Waals surface area contributed by atoms with E-state index in [1.54, 1.807) is 6.07 Å².